The Kier molecular flexibility index (Phi) is 2.40. The Hall–Kier alpha value is -1.16. The molecule has 0 unspecified atom stereocenters. The average molecular weight is 180 g/mol. The lowest BCUT2D eigenvalue weighted by molar-refractivity contribution is 0.0859. The van der Waals surface area contributed by atoms with E-state index in [4.69, 9.17) is 4.42 Å². The Morgan fingerprint density at radius 1 is 1.54 bits per heavy atom. The van der Waals surface area contributed by atoms with Crippen molar-refractivity contribution in [2.45, 2.75) is 12.8 Å². The van der Waals surface area contributed by atoms with E-state index in [2.05, 4.69) is 10.3 Å². The van der Waals surface area contributed by atoms with Gasteiger partial charge in [0.2, 0.25) is 5.78 Å². The lowest BCUT2D eigenvalue weighted by Crippen LogP contribution is -2.31. The van der Waals surface area contributed by atoms with Gasteiger partial charge in [0, 0.05) is 5.92 Å². The van der Waals surface area contributed by atoms with E-state index in [9.17, 15) is 4.79 Å². The largest absolute Gasteiger partial charge is 0.442 e. The standard InChI is InChI=1S/C9H12N2O2/c12-8(9-11-5-6-13-9)7-1-3-10-4-2-7/h5-7,10H,1-4H2. The van der Waals surface area contributed by atoms with Crippen molar-refractivity contribution in [2.75, 3.05) is 13.1 Å². The van der Waals surface area contributed by atoms with Crippen LogP contribution in [0.15, 0.2) is 16.9 Å². The number of nitrogens with one attached hydrogen (secondary N) is 1. The number of rotatable bonds is 2. The highest BCUT2D eigenvalue weighted by atomic mass is 16.3. The highest BCUT2D eigenvalue weighted by Gasteiger charge is 2.24. The number of nitrogens with zero attached hydrogens (tertiary/aromatic N) is 1. The number of aromatic nitrogens is 1. The molecule has 0 atom stereocenters. The highest BCUT2D eigenvalue weighted by molar-refractivity contribution is 5.93. The summed E-state index contributed by atoms with van der Waals surface area (Å²) in [5, 5.41) is 3.21. The molecule has 13 heavy (non-hydrogen) atoms. The molecule has 1 aromatic rings. The first-order valence-electron chi connectivity index (χ1n) is 4.52. The van der Waals surface area contributed by atoms with Crippen LogP contribution < -0.4 is 5.32 Å². The molecule has 70 valence electrons. The molecule has 0 spiro atoms. The summed E-state index contributed by atoms with van der Waals surface area (Å²) in [4.78, 5) is 15.5. The van der Waals surface area contributed by atoms with Crippen LogP contribution in [0, 0.1) is 5.92 Å². The third-order valence-corrected chi connectivity index (χ3v) is 2.35. The first-order valence-corrected chi connectivity index (χ1v) is 4.52. The minimum absolute atomic E-state index is 0.0477. The van der Waals surface area contributed by atoms with Crippen LogP contribution in [0.4, 0.5) is 0 Å². The van der Waals surface area contributed by atoms with E-state index in [1.807, 2.05) is 0 Å². The topological polar surface area (TPSA) is 55.1 Å². The number of piperidine rings is 1. The summed E-state index contributed by atoms with van der Waals surface area (Å²) in [6.45, 7) is 1.83. The minimum atomic E-state index is 0.0477. The van der Waals surface area contributed by atoms with Crippen LogP contribution in [-0.4, -0.2) is 23.9 Å². The monoisotopic (exact) mass is 180 g/mol. The number of carbonyl (C=O) groups excluding carboxylic acids is 1. The lowest BCUT2D eigenvalue weighted by Gasteiger charge is -2.19. The zero-order chi connectivity index (χ0) is 9.10. The molecule has 1 fully saturated rings. The molecule has 4 heteroatoms. The van der Waals surface area contributed by atoms with Crippen molar-refractivity contribution >= 4 is 5.78 Å². The summed E-state index contributed by atoms with van der Waals surface area (Å²) in [7, 11) is 0. The van der Waals surface area contributed by atoms with Crippen LogP contribution in [0.3, 0.4) is 0 Å². The second-order valence-electron chi connectivity index (χ2n) is 3.23. The maximum absolute atomic E-state index is 11.7. The molecule has 0 bridgehead atoms. The number of hydrogen-bond acceptors (Lipinski definition) is 4. The van der Waals surface area contributed by atoms with Crippen molar-refractivity contribution in [3.63, 3.8) is 0 Å². The molecule has 1 saturated heterocycles. The van der Waals surface area contributed by atoms with Crippen LogP contribution >= 0.6 is 0 Å². The second kappa shape index (κ2) is 3.70. The Morgan fingerprint density at radius 3 is 2.92 bits per heavy atom. The second-order valence-corrected chi connectivity index (χ2v) is 3.23. The van der Waals surface area contributed by atoms with Gasteiger partial charge < -0.3 is 9.73 Å². The van der Waals surface area contributed by atoms with Gasteiger partial charge in [0.05, 0.1) is 6.20 Å². The molecule has 1 aliphatic heterocycles. The van der Waals surface area contributed by atoms with Gasteiger partial charge in [0.15, 0.2) is 0 Å². The Bertz CT molecular complexity index is 276. The van der Waals surface area contributed by atoms with Crippen LogP contribution in [0.1, 0.15) is 23.5 Å². The van der Waals surface area contributed by atoms with Gasteiger partial charge in [-0.05, 0) is 25.9 Å². The van der Waals surface area contributed by atoms with E-state index in [-0.39, 0.29) is 17.6 Å². The number of carbonyl (C=O) groups is 1. The fourth-order valence-electron chi connectivity index (χ4n) is 1.60. The molecule has 1 aromatic heterocycles. The Labute approximate surface area is 76.3 Å². The Morgan fingerprint density at radius 2 is 2.31 bits per heavy atom. The maximum atomic E-state index is 11.7. The maximum Gasteiger partial charge on any atom is 0.263 e. The van der Waals surface area contributed by atoms with Crippen molar-refractivity contribution in [3.8, 4) is 0 Å². The van der Waals surface area contributed by atoms with E-state index < -0.39 is 0 Å². The zero-order valence-electron chi connectivity index (χ0n) is 7.32. The lowest BCUT2D eigenvalue weighted by atomic mass is 9.93. The molecule has 1 aliphatic rings. The number of hydrogen-bond donors (Lipinski definition) is 1. The van der Waals surface area contributed by atoms with Crippen LogP contribution in [0.2, 0.25) is 0 Å². The minimum Gasteiger partial charge on any atom is -0.442 e. The van der Waals surface area contributed by atoms with Gasteiger partial charge in [-0.1, -0.05) is 0 Å². The number of ketones is 1. The molecular formula is C9H12N2O2. The predicted molar refractivity (Wildman–Crippen MR) is 46.4 cm³/mol. The van der Waals surface area contributed by atoms with Crippen LogP contribution in [0.25, 0.3) is 0 Å². The first-order chi connectivity index (χ1) is 6.38. The molecule has 0 aliphatic carbocycles. The van der Waals surface area contributed by atoms with Crippen LogP contribution in [0.5, 0.6) is 0 Å². The van der Waals surface area contributed by atoms with Crippen molar-refractivity contribution in [1.29, 1.82) is 0 Å². The SMILES string of the molecule is O=C(c1ncco1)C1CCNCC1. The van der Waals surface area contributed by atoms with Crippen molar-refractivity contribution < 1.29 is 9.21 Å². The van der Waals surface area contributed by atoms with Gasteiger partial charge in [0.1, 0.15) is 6.26 Å². The molecule has 2 heterocycles. The van der Waals surface area contributed by atoms with Gasteiger partial charge in [-0.2, -0.15) is 0 Å². The first kappa shape index (κ1) is 8.44. The van der Waals surface area contributed by atoms with E-state index in [1.54, 1.807) is 0 Å². The molecule has 2 rings (SSSR count). The van der Waals surface area contributed by atoms with E-state index in [0.29, 0.717) is 0 Å². The molecule has 0 radical (unpaired) electrons. The van der Waals surface area contributed by atoms with Crippen LogP contribution in [-0.2, 0) is 0 Å². The third kappa shape index (κ3) is 1.78. The van der Waals surface area contributed by atoms with Gasteiger partial charge in [-0.15, -0.1) is 0 Å². The van der Waals surface area contributed by atoms with Gasteiger partial charge >= 0.3 is 0 Å². The quantitative estimate of drug-likeness (QED) is 0.686. The number of oxazole rings is 1. The number of Topliss-reactive ketones (excluding diaryl/α,β-unsaturated/α-hetero) is 1. The van der Waals surface area contributed by atoms with Crippen molar-refractivity contribution in [1.82, 2.24) is 10.3 Å². The van der Waals surface area contributed by atoms with Crippen molar-refractivity contribution in [3.05, 3.63) is 18.4 Å². The summed E-state index contributed by atoms with van der Waals surface area (Å²) in [5.41, 5.74) is 0. The smallest absolute Gasteiger partial charge is 0.263 e. The van der Waals surface area contributed by atoms with Gasteiger partial charge in [0.25, 0.3) is 5.89 Å². The summed E-state index contributed by atoms with van der Waals surface area (Å²) in [5.74, 6) is 0.401. The fourth-order valence-corrected chi connectivity index (χ4v) is 1.60. The van der Waals surface area contributed by atoms with Gasteiger partial charge in [-0.25, -0.2) is 4.98 Å². The summed E-state index contributed by atoms with van der Waals surface area (Å²) < 4.78 is 4.97. The summed E-state index contributed by atoms with van der Waals surface area (Å²) in [6.07, 6.45) is 4.73. The zero-order valence-corrected chi connectivity index (χ0v) is 7.32. The van der Waals surface area contributed by atoms with E-state index >= 15 is 0 Å². The normalized spacial score (nSPS) is 18.8. The third-order valence-electron chi connectivity index (χ3n) is 2.35. The average Bonchev–Trinajstić information content (AvgIpc) is 2.71. The Balaban J connectivity index is 2.04. The van der Waals surface area contributed by atoms with Gasteiger partial charge in [-0.3, -0.25) is 4.79 Å². The molecule has 0 aromatic carbocycles. The predicted octanol–water partition coefficient (Wildman–Crippen LogP) is 0.857. The van der Waals surface area contributed by atoms with Crippen molar-refractivity contribution in [2.24, 2.45) is 5.92 Å². The fraction of sp³-hybridized carbons (Fsp3) is 0.556. The molecule has 1 N–H and O–H groups in total. The molecular weight excluding hydrogens is 168 g/mol. The summed E-state index contributed by atoms with van der Waals surface area (Å²) in [6, 6.07) is 0. The highest BCUT2D eigenvalue weighted by Crippen LogP contribution is 2.16. The molecule has 0 amide bonds. The molecule has 4 nitrogen and oxygen atoms in total. The molecule has 0 saturated carbocycles. The van der Waals surface area contributed by atoms with E-state index in [1.165, 1.54) is 12.5 Å². The summed E-state index contributed by atoms with van der Waals surface area (Å²) >= 11 is 0. The van der Waals surface area contributed by atoms with E-state index in [0.717, 1.165) is 25.9 Å².